The molecule has 0 bridgehead atoms. The van der Waals surface area contributed by atoms with Crippen molar-refractivity contribution in [3.8, 4) is 0 Å². The van der Waals surface area contributed by atoms with E-state index in [2.05, 4.69) is 0 Å². The van der Waals surface area contributed by atoms with Gasteiger partial charge in [-0.15, -0.1) is 0 Å². The minimum atomic E-state index is -1.22. The van der Waals surface area contributed by atoms with Crippen molar-refractivity contribution in [1.82, 2.24) is 0 Å². The van der Waals surface area contributed by atoms with Gasteiger partial charge in [-0.3, -0.25) is 0 Å². The monoisotopic (exact) mass is 230 g/mol. The second kappa shape index (κ2) is 3.79. The quantitative estimate of drug-likeness (QED) is 0.611. The van der Waals surface area contributed by atoms with Gasteiger partial charge in [-0.25, -0.2) is 4.79 Å². The third kappa shape index (κ3) is 1.78. The molecule has 0 saturated heterocycles. The van der Waals surface area contributed by atoms with Crippen molar-refractivity contribution in [3.63, 3.8) is 0 Å². The van der Waals surface area contributed by atoms with Crippen molar-refractivity contribution in [3.05, 3.63) is 10.5 Å². The van der Waals surface area contributed by atoms with Crippen LogP contribution in [0.4, 0.5) is 0 Å². The van der Waals surface area contributed by atoms with Gasteiger partial charge in [0.25, 0.3) is 0 Å². The van der Waals surface area contributed by atoms with Gasteiger partial charge in [0.2, 0.25) is 0 Å². The molecule has 0 aromatic rings. The Morgan fingerprint density at radius 1 is 1.73 bits per heavy atom. The second-order valence-electron chi connectivity index (χ2n) is 3.79. The molecule has 5 nitrogen and oxygen atoms in total. The molecule has 5 N–H and O–H groups in total. The summed E-state index contributed by atoms with van der Waals surface area (Å²) in [5.41, 5.74) is 12.5. The average molecular weight is 230 g/mol. The summed E-state index contributed by atoms with van der Waals surface area (Å²) < 4.78 is 5.46. The number of carbonyl (C=O) groups is 1. The summed E-state index contributed by atoms with van der Waals surface area (Å²) in [7, 11) is 0. The Bertz CT molecular complexity index is 331. The lowest BCUT2D eigenvalue weighted by Crippen LogP contribution is -2.42. The fourth-order valence-electron chi connectivity index (χ4n) is 1.91. The van der Waals surface area contributed by atoms with Crippen molar-refractivity contribution in [2.24, 2.45) is 11.5 Å². The Morgan fingerprint density at radius 3 is 3.07 bits per heavy atom. The van der Waals surface area contributed by atoms with E-state index in [4.69, 9.17) is 21.3 Å². The first-order chi connectivity index (χ1) is 7.07. The minimum Gasteiger partial charge on any atom is -0.479 e. The highest BCUT2D eigenvalue weighted by Crippen LogP contribution is 2.48. The van der Waals surface area contributed by atoms with Gasteiger partial charge >= 0.3 is 5.97 Å². The van der Waals surface area contributed by atoms with Crippen molar-refractivity contribution in [2.75, 3.05) is 13.2 Å². The maximum atomic E-state index is 11.0. The van der Waals surface area contributed by atoms with E-state index in [9.17, 15) is 4.79 Å². The first-order valence-electron chi connectivity index (χ1n) is 4.81. The highest BCUT2D eigenvalue weighted by Gasteiger charge is 2.45. The lowest BCUT2D eigenvalue weighted by molar-refractivity contribution is -0.139. The summed E-state index contributed by atoms with van der Waals surface area (Å²) in [4.78, 5) is 10.7. The predicted octanol–water partition coefficient (Wildman–Crippen LogP) is -0.135. The fraction of sp³-hybridized carbons (Fsp3) is 0.667. The van der Waals surface area contributed by atoms with Crippen LogP contribution in [-0.2, 0) is 9.53 Å². The molecule has 6 heteroatoms. The predicted molar refractivity (Wildman–Crippen MR) is 57.2 cm³/mol. The zero-order valence-electron chi connectivity index (χ0n) is 8.23. The molecule has 2 aliphatic rings. The fourth-order valence-corrected chi connectivity index (χ4v) is 3.25. The molecule has 0 aliphatic carbocycles. The molecule has 2 rings (SSSR count). The van der Waals surface area contributed by atoms with Crippen LogP contribution in [0.2, 0.25) is 0 Å². The highest BCUT2D eigenvalue weighted by atomic mass is 32.2. The van der Waals surface area contributed by atoms with Crippen LogP contribution in [0.5, 0.6) is 0 Å². The summed E-state index contributed by atoms with van der Waals surface area (Å²) >= 11 is 1.19. The summed E-state index contributed by atoms with van der Waals surface area (Å²) in [6.07, 6.45) is 1.01. The van der Waals surface area contributed by atoms with Gasteiger partial charge in [-0.05, 0) is 6.42 Å². The van der Waals surface area contributed by atoms with Gasteiger partial charge in [-0.2, -0.15) is 0 Å². The molecule has 0 amide bonds. The van der Waals surface area contributed by atoms with Crippen LogP contribution in [0.25, 0.3) is 0 Å². The van der Waals surface area contributed by atoms with Gasteiger partial charge in [0.1, 0.15) is 6.10 Å². The van der Waals surface area contributed by atoms with E-state index in [-0.39, 0.29) is 6.10 Å². The number of hydrogen-bond acceptors (Lipinski definition) is 5. The number of ether oxygens (including phenoxy) is 1. The first-order valence-corrected chi connectivity index (χ1v) is 5.63. The highest BCUT2D eigenvalue weighted by molar-refractivity contribution is 8.05. The Balaban J connectivity index is 2.22. The normalized spacial score (nSPS) is 35.5. The Hall–Kier alpha value is -0.560. The average Bonchev–Trinajstić information content (AvgIpc) is 2.55. The van der Waals surface area contributed by atoms with Gasteiger partial charge in [-0.1, -0.05) is 17.3 Å². The molecular weight excluding hydrogens is 216 g/mol. The van der Waals surface area contributed by atoms with Crippen LogP contribution in [0, 0.1) is 0 Å². The summed E-state index contributed by atoms with van der Waals surface area (Å²) in [6.45, 7) is 0.985. The number of carboxylic acids is 1. The Kier molecular flexibility index (Phi) is 2.76. The summed E-state index contributed by atoms with van der Waals surface area (Å²) in [6, 6.07) is 0. The largest absolute Gasteiger partial charge is 0.479 e. The van der Waals surface area contributed by atoms with Gasteiger partial charge in [0, 0.05) is 17.9 Å². The van der Waals surface area contributed by atoms with E-state index in [0.717, 1.165) is 16.9 Å². The standard InChI is InChI=1S/C9H14N2O3S/c10-4-6-7-5(1-2-14-6)3-9(11,15-7)8(12)13/h6H,1-4,10-11H2,(H,12,13). The third-order valence-corrected chi connectivity index (χ3v) is 4.16. The van der Waals surface area contributed by atoms with E-state index >= 15 is 0 Å². The van der Waals surface area contributed by atoms with Gasteiger partial charge < -0.3 is 21.3 Å². The van der Waals surface area contributed by atoms with Gasteiger partial charge in [0.05, 0.1) is 6.61 Å². The molecule has 0 aromatic heterocycles. The lowest BCUT2D eigenvalue weighted by Gasteiger charge is -2.23. The van der Waals surface area contributed by atoms with Crippen LogP contribution >= 0.6 is 11.8 Å². The van der Waals surface area contributed by atoms with Crippen LogP contribution in [0.15, 0.2) is 10.5 Å². The minimum absolute atomic E-state index is 0.163. The van der Waals surface area contributed by atoms with Crippen molar-refractivity contribution >= 4 is 17.7 Å². The van der Waals surface area contributed by atoms with Crippen LogP contribution in [0.1, 0.15) is 12.8 Å². The summed E-state index contributed by atoms with van der Waals surface area (Å²) in [5.74, 6) is -0.974. The number of rotatable bonds is 2. The molecule has 0 aromatic carbocycles. The van der Waals surface area contributed by atoms with Crippen molar-refractivity contribution in [2.45, 2.75) is 23.8 Å². The second-order valence-corrected chi connectivity index (χ2v) is 5.16. The van der Waals surface area contributed by atoms with Crippen molar-refractivity contribution in [1.29, 1.82) is 0 Å². The zero-order chi connectivity index (χ0) is 11.1. The van der Waals surface area contributed by atoms with Gasteiger partial charge in [0.15, 0.2) is 4.87 Å². The van der Waals surface area contributed by atoms with E-state index in [1.165, 1.54) is 11.8 Å². The first kappa shape index (κ1) is 10.9. The third-order valence-electron chi connectivity index (χ3n) is 2.71. The van der Waals surface area contributed by atoms with E-state index < -0.39 is 10.8 Å². The Labute approximate surface area is 91.8 Å². The molecule has 0 radical (unpaired) electrons. The molecular formula is C9H14N2O3S. The molecule has 2 aliphatic heterocycles. The van der Waals surface area contributed by atoms with Crippen LogP contribution < -0.4 is 11.5 Å². The smallest absolute Gasteiger partial charge is 0.334 e. The van der Waals surface area contributed by atoms with Crippen molar-refractivity contribution < 1.29 is 14.6 Å². The van der Waals surface area contributed by atoms with E-state index in [1.807, 2.05) is 0 Å². The van der Waals surface area contributed by atoms with Crippen LogP contribution in [-0.4, -0.2) is 35.2 Å². The van der Waals surface area contributed by atoms with E-state index in [1.54, 1.807) is 0 Å². The molecule has 2 unspecified atom stereocenters. The Morgan fingerprint density at radius 2 is 2.47 bits per heavy atom. The SMILES string of the molecule is NCC1OCCC2=C1SC(N)(C(=O)O)C2. The molecule has 0 fully saturated rings. The van der Waals surface area contributed by atoms with E-state index in [0.29, 0.717) is 19.6 Å². The van der Waals surface area contributed by atoms with Crippen LogP contribution in [0.3, 0.4) is 0 Å². The lowest BCUT2D eigenvalue weighted by atomic mass is 10.0. The number of carboxylic acid groups (broad SMARTS) is 1. The topological polar surface area (TPSA) is 98.6 Å². The maximum Gasteiger partial charge on any atom is 0.334 e. The number of hydrogen-bond donors (Lipinski definition) is 3. The molecule has 2 heterocycles. The molecule has 2 atom stereocenters. The molecule has 15 heavy (non-hydrogen) atoms. The zero-order valence-corrected chi connectivity index (χ0v) is 9.05. The number of aliphatic carboxylic acids is 1. The molecule has 84 valence electrons. The number of nitrogens with two attached hydrogens (primary N) is 2. The summed E-state index contributed by atoms with van der Waals surface area (Å²) in [5, 5.41) is 9.03. The number of thioether (sulfide) groups is 1. The molecule has 0 spiro atoms. The molecule has 0 saturated carbocycles. The maximum absolute atomic E-state index is 11.0.